The minimum atomic E-state index is -3.71. The fourth-order valence-electron chi connectivity index (χ4n) is 3.27. The standard InChI is InChI=1S/C19H22N4O3S2/c1-15(17-6-4-12-27-17)21-19(24)14-22-8-10-23(11-9-22)28(25,26)18-7-3-2-5-16(18)13-20/h2-7,12,15H,8-11,14H2,1H3,(H,21,24)/p+1/t15-/m0/s1. The van der Waals surface area contributed by atoms with Crippen LogP contribution in [0, 0.1) is 11.3 Å². The number of rotatable bonds is 6. The van der Waals surface area contributed by atoms with E-state index in [-0.39, 0.29) is 22.4 Å². The van der Waals surface area contributed by atoms with Crippen LogP contribution in [0.15, 0.2) is 46.7 Å². The Hall–Kier alpha value is -2.25. The maximum atomic E-state index is 12.9. The molecule has 1 atom stereocenters. The summed E-state index contributed by atoms with van der Waals surface area (Å²) in [7, 11) is -3.71. The van der Waals surface area contributed by atoms with Gasteiger partial charge in [-0.05, 0) is 30.5 Å². The van der Waals surface area contributed by atoms with Crippen LogP contribution >= 0.6 is 11.3 Å². The molecule has 0 unspecified atom stereocenters. The summed E-state index contributed by atoms with van der Waals surface area (Å²) in [5.74, 6) is -0.0398. The van der Waals surface area contributed by atoms with Crippen LogP contribution in [-0.2, 0) is 14.8 Å². The quantitative estimate of drug-likeness (QED) is 0.708. The van der Waals surface area contributed by atoms with Gasteiger partial charge in [-0.25, -0.2) is 8.42 Å². The first kappa shape index (κ1) is 20.5. The molecular formula is C19H23N4O3S2+. The molecule has 2 heterocycles. The van der Waals surface area contributed by atoms with E-state index in [0.717, 1.165) is 9.78 Å². The Morgan fingerprint density at radius 2 is 2.00 bits per heavy atom. The van der Waals surface area contributed by atoms with Gasteiger partial charge in [-0.3, -0.25) is 4.79 Å². The summed E-state index contributed by atoms with van der Waals surface area (Å²) in [4.78, 5) is 14.5. The van der Waals surface area contributed by atoms with Crippen LogP contribution in [0.3, 0.4) is 0 Å². The molecule has 0 radical (unpaired) electrons. The summed E-state index contributed by atoms with van der Waals surface area (Å²) >= 11 is 1.61. The number of hydrogen-bond donors (Lipinski definition) is 2. The molecule has 1 saturated heterocycles. The van der Waals surface area contributed by atoms with Crippen molar-refractivity contribution in [3.05, 3.63) is 52.2 Å². The van der Waals surface area contributed by atoms with Crippen molar-refractivity contribution in [1.82, 2.24) is 9.62 Å². The maximum Gasteiger partial charge on any atom is 0.275 e. The van der Waals surface area contributed by atoms with Gasteiger partial charge >= 0.3 is 0 Å². The molecule has 7 nitrogen and oxygen atoms in total. The highest BCUT2D eigenvalue weighted by Gasteiger charge is 2.32. The average Bonchev–Trinajstić information content (AvgIpc) is 3.23. The second kappa shape index (κ2) is 8.84. The van der Waals surface area contributed by atoms with Gasteiger partial charge in [0.15, 0.2) is 6.54 Å². The number of piperazine rings is 1. The van der Waals surface area contributed by atoms with Crippen LogP contribution in [0.4, 0.5) is 0 Å². The fraction of sp³-hybridized carbons (Fsp3) is 0.368. The third-order valence-electron chi connectivity index (χ3n) is 4.81. The van der Waals surface area contributed by atoms with Gasteiger partial charge in [0.05, 0.1) is 42.7 Å². The van der Waals surface area contributed by atoms with E-state index in [4.69, 9.17) is 0 Å². The molecule has 3 rings (SSSR count). The number of thiophene rings is 1. The maximum absolute atomic E-state index is 12.9. The Labute approximate surface area is 169 Å². The number of amides is 1. The van der Waals surface area contributed by atoms with Crippen molar-refractivity contribution < 1.29 is 18.1 Å². The molecule has 1 aromatic carbocycles. The number of quaternary nitrogens is 1. The van der Waals surface area contributed by atoms with Gasteiger partial charge in [0, 0.05) is 4.88 Å². The van der Waals surface area contributed by atoms with Gasteiger partial charge in [0.2, 0.25) is 10.0 Å². The van der Waals surface area contributed by atoms with Crippen molar-refractivity contribution in [3.63, 3.8) is 0 Å². The van der Waals surface area contributed by atoms with Crippen LogP contribution in [0.5, 0.6) is 0 Å². The number of nitrogens with one attached hydrogen (secondary N) is 2. The molecule has 0 saturated carbocycles. The summed E-state index contributed by atoms with van der Waals surface area (Å²) in [6.45, 7) is 4.02. The molecule has 2 aromatic rings. The third kappa shape index (κ3) is 4.59. The lowest BCUT2D eigenvalue weighted by atomic mass is 10.2. The van der Waals surface area contributed by atoms with Crippen molar-refractivity contribution in [2.24, 2.45) is 0 Å². The predicted octanol–water partition coefficient (Wildman–Crippen LogP) is 0.386. The monoisotopic (exact) mass is 419 g/mol. The summed E-state index contributed by atoms with van der Waals surface area (Å²) in [5, 5.41) is 14.2. The number of carbonyl (C=O) groups excluding carboxylic acids is 1. The molecule has 9 heteroatoms. The van der Waals surface area contributed by atoms with Crippen molar-refractivity contribution in [3.8, 4) is 6.07 Å². The first-order valence-corrected chi connectivity index (χ1v) is 11.4. The summed E-state index contributed by atoms with van der Waals surface area (Å²) in [6.07, 6.45) is 0. The Balaban J connectivity index is 1.55. The number of hydrogen-bond acceptors (Lipinski definition) is 5. The molecule has 1 aliphatic rings. The first-order valence-electron chi connectivity index (χ1n) is 9.07. The molecule has 1 aromatic heterocycles. The average molecular weight is 420 g/mol. The molecular weight excluding hydrogens is 396 g/mol. The lowest BCUT2D eigenvalue weighted by Gasteiger charge is -2.31. The van der Waals surface area contributed by atoms with Gasteiger partial charge < -0.3 is 10.2 Å². The van der Waals surface area contributed by atoms with E-state index < -0.39 is 10.0 Å². The van der Waals surface area contributed by atoms with Crippen LogP contribution in [-0.4, -0.2) is 51.4 Å². The molecule has 0 aliphatic carbocycles. The lowest BCUT2D eigenvalue weighted by Crippen LogP contribution is -3.15. The van der Waals surface area contributed by atoms with Crippen molar-refractivity contribution in [1.29, 1.82) is 5.26 Å². The Morgan fingerprint density at radius 3 is 2.64 bits per heavy atom. The van der Waals surface area contributed by atoms with E-state index in [9.17, 15) is 18.5 Å². The molecule has 0 spiro atoms. The summed E-state index contributed by atoms with van der Waals surface area (Å²) in [5.41, 5.74) is 0.152. The Bertz CT molecular complexity index is 959. The fourth-order valence-corrected chi connectivity index (χ4v) is 5.59. The third-order valence-corrected chi connectivity index (χ3v) is 7.82. The molecule has 2 N–H and O–H groups in total. The minimum absolute atomic E-state index is 0.0314. The van der Waals surface area contributed by atoms with E-state index in [1.165, 1.54) is 16.4 Å². The minimum Gasteiger partial charge on any atom is -0.344 e. The number of benzene rings is 1. The number of sulfonamides is 1. The van der Waals surface area contributed by atoms with Crippen LogP contribution in [0.25, 0.3) is 0 Å². The second-order valence-corrected chi connectivity index (χ2v) is 9.63. The van der Waals surface area contributed by atoms with Crippen LogP contribution < -0.4 is 10.2 Å². The number of nitriles is 1. The molecule has 1 fully saturated rings. The van der Waals surface area contributed by atoms with Gasteiger partial charge in [-0.1, -0.05) is 18.2 Å². The van der Waals surface area contributed by atoms with E-state index in [1.54, 1.807) is 23.5 Å². The Morgan fingerprint density at radius 1 is 1.29 bits per heavy atom. The zero-order valence-electron chi connectivity index (χ0n) is 15.6. The molecule has 148 valence electrons. The summed E-state index contributed by atoms with van der Waals surface area (Å²) in [6, 6.07) is 12.1. The number of carbonyl (C=O) groups is 1. The van der Waals surface area contributed by atoms with E-state index in [2.05, 4.69) is 5.32 Å². The van der Waals surface area contributed by atoms with Gasteiger partial charge in [-0.2, -0.15) is 9.57 Å². The molecule has 28 heavy (non-hydrogen) atoms. The highest BCUT2D eigenvalue weighted by molar-refractivity contribution is 7.89. The zero-order valence-corrected chi connectivity index (χ0v) is 17.2. The van der Waals surface area contributed by atoms with Gasteiger partial charge in [0.1, 0.15) is 6.07 Å². The predicted molar refractivity (Wildman–Crippen MR) is 106 cm³/mol. The van der Waals surface area contributed by atoms with Gasteiger partial charge in [-0.15, -0.1) is 11.3 Å². The first-order chi connectivity index (χ1) is 13.4. The number of nitrogens with zero attached hydrogens (tertiary/aromatic N) is 2. The summed E-state index contributed by atoms with van der Waals surface area (Å²) < 4.78 is 27.1. The SMILES string of the molecule is C[C@H](NC(=O)C[NH+]1CCN(S(=O)(=O)c2ccccc2C#N)CC1)c1cccs1. The Kier molecular flexibility index (Phi) is 6.46. The normalized spacial score (nSPS) is 17.0. The van der Waals surface area contributed by atoms with Gasteiger partial charge in [0.25, 0.3) is 5.91 Å². The molecule has 0 bridgehead atoms. The van der Waals surface area contributed by atoms with Crippen molar-refractivity contribution >= 4 is 27.3 Å². The van der Waals surface area contributed by atoms with Crippen LogP contribution in [0.1, 0.15) is 23.4 Å². The lowest BCUT2D eigenvalue weighted by molar-refractivity contribution is -0.895. The van der Waals surface area contributed by atoms with Crippen molar-refractivity contribution in [2.75, 3.05) is 32.7 Å². The molecule has 1 amide bonds. The highest BCUT2D eigenvalue weighted by Crippen LogP contribution is 2.20. The van der Waals surface area contributed by atoms with E-state index in [1.807, 2.05) is 30.5 Å². The largest absolute Gasteiger partial charge is 0.344 e. The van der Waals surface area contributed by atoms with Crippen LogP contribution in [0.2, 0.25) is 0 Å². The topological polar surface area (TPSA) is 94.7 Å². The van der Waals surface area contributed by atoms with Crippen molar-refractivity contribution in [2.45, 2.75) is 17.9 Å². The van der Waals surface area contributed by atoms with E-state index in [0.29, 0.717) is 32.7 Å². The zero-order chi connectivity index (χ0) is 20.1. The van der Waals surface area contributed by atoms with E-state index >= 15 is 0 Å². The molecule has 1 aliphatic heterocycles. The highest BCUT2D eigenvalue weighted by atomic mass is 32.2. The smallest absolute Gasteiger partial charge is 0.275 e. The second-order valence-electron chi connectivity index (χ2n) is 6.74.